The van der Waals surface area contributed by atoms with Crippen LogP contribution in [0.1, 0.15) is 43.0 Å². The molecule has 2 aliphatic heterocycles. The van der Waals surface area contributed by atoms with Gasteiger partial charge in [0.2, 0.25) is 5.91 Å². The highest BCUT2D eigenvalue weighted by Gasteiger charge is 2.32. The second-order valence-electron chi connectivity index (χ2n) is 6.50. The lowest BCUT2D eigenvalue weighted by atomic mass is 10.1. The van der Waals surface area contributed by atoms with E-state index in [1.165, 1.54) is 0 Å². The first-order chi connectivity index (χ1) is 11.1. The van der Waals surface area contributed by atoms with Crippen LogP contribution in [0, 0.1) is 6.92 Å². The minimum atomic E-state index is 0.0986. The summed E-state index contributed by atoms with van der Waals surface area (Å²) in [6.07, 6.45) is 3.92. The number of rotatable bonds is 4. The van der Waals surface area contributed by atoms with Gasteiger partial charge in [-0.3, -0.25) is 14.4 Å². The Morgan fingerprint density at radius 2 is 2.13 bits per heavy atom. The van der Waals surface area contributed by atoms with E-state index in [0.29, 0.717) is 11.7 Å². The van der Waals surface area contributed by atoms with Crippen LogP contribution in [-0.2, 0) is 16.6 Å². The average molecular weight is 341 g/mol. The van der Waals surface area contributed by atoms with Gasteiger partial charge in [-0.25, -0.2) is 0 Å². The SMILES string of the molecule is Cc1nn(C)c(Cl)c1C1CCCN1CC(=O)NC1CCOCC1. The van der Waals surface area contributed by atoms with E-state index >= 15 is 0 Å². The van der Waals surface area contributed by atoms with Gasteiger partial charge in [0.1, 0.15) is 5.15 Å². The van der Waals surface area contributed by atoms with Crippen molar-refractivity contribution in [1.29, 1.82) is 0 Å². The monoisotopic (exact) mass is 340 g/mol. The van der Waals surface area contributed by atoms with Crippen LogP contribution in [0.3, 0.4) is 0 Å². The Labute approximate surface area is 142 Å². The zero-order chi connectivity index (χ0) is 16.4. The standard InChI is InChI=1S/C16H25ClN4O2/c1-11-15(16(17)20(2)19-11)13-4-3-7-21(13)10-14(22)18-12-5-8-23-9-6-12/h12-13H,3-10H2,1-2H3,(H,18,22). The van der Waals surface area contributed by atoms with E-state index in [0.717, 1.165) is 56.7 Å². The number of hydrogen-bond donors (Lipinski definition) is 1. The molecule has 6 nitrogen and oxygen atoms in total. The third kappa shape index (κ3) is 3.70. The maximum atomic E-state index is 12.4. The Bertz CT molecular complexity index is 569. The molecule has 7 heteroatoms. The van der Waals surface area contributed by atoms with Crippen molar-refractivity contribution in [2.45, 2.75) is 44.7 Å². The quantitative estimate of drug-likeness (QED) is 0.908. The Morgan fingerprint density at radius 3 is 2.78 bits per heavy atom. The molecule has 0 spiro atoms. The number of aryl methyl sites for hydroxylation is 2. The molecule has 0 radical (unpaired) electrons. The molecule has 0 bridgehead atoms. The van der Waals surface area contributed by atoms with Crippen LogP contribution < -0.4 is 5.32 Å². The molecule has 1 amide bonds. The average Bonchev–Trinajstić information content (AvgIpc) is 3.05. The van der Waals surface area contributed by atoms with E-state index in [2.05, 4.69) is 15.3 Å². The topological polar surface area (TPSA) is 59.4 Å². The third-order valence-electron chi connectivity index (χ3n) is 4.83. The van der Waals surface area contributed by atoms with E-state index in [-0.39, 0.29) is 18.0 Å². The number of hydrogen-bond acceptors (Lipinski definition) is 4. The second kappa shape index (κ2) is 7.20. The van der Waals surface area contributed by atoms with Crippen molar-refractivity contribution in [2.24, 2.45) is 7.05 Å². The molecule has 2 fully saturated rings. The van der Waals surface area contributed by atoms with Gasteiger partial charge in [-0.1, -0.05) is 11.6 Å². The molecule has 0 saturated carbocycles. The highest BCUT2D eigenvalue weighted by atomic mass is 35.5. The van der Waals surface area contributed by atoms with Crippen molar-refractivity contribution < 1.29 is 9.53 Å². The molecule has 1 N–H and O–H groups in total. The largest absolute Gasteiger partial charge is 0.381 e. The summed E-state index contributed by atoms with van der Waals surface area (Å²) in [6.45, 7) is 4.81. The molecular formula is C16H25ClN4O2. The lowest BCUT2D eigenvalue weighted by Gasteiger charge is -2.27. The van der Waals surface area contributed by atoms with Gasteiger partial charge in [0.15, 0.2) is 0 Å². The van der Waals surface area contributed by atoms with Crippen molar-refractivity contribution in [3.05, 3.63) is 16.4 Å². The van der Waals surface area contributed by atoms with E-state index in [1.807, 2.05) is 14.0 Å². The van der Waals surface area contributed by atoms with Crippen LogP contribution in [0.2, 0.25) is 5.15 Å². The number of carbonyl (C=O) groups excluding carboxylic acids is 1. The molecule has 2 aliphatic rings. The fourth-order valence-electron chi connectivity index (χ4n) is 3.67. The summed E-state index contributed by atoms with van der Waals surface area (Å²) in [5.74, 6) is 0.0986. The van der Waals surface area contributed by atoms with Gasteiger partial charge in [0, 0.05) is 37.9 Å². The lowest BCUT2D eigenvalue weighted by Crippen LogP contribution is -2.44. The smallest absolute Gasteiger partial charge is 0.234 e. The first-order valence-electron chi connectivity index (χ1n) is 8.36. The maximum Gasteiger partial charge on any atom is 0.234 e. The Kier molecular flexibility index (Phi) is 5.24. The normalized spacial score (nSPS) is 23.3. The van der Waals surface area contributed by atoms with Crippen molar-refractivity contribution in [2.75, 3.05) is 26.3 Å². The summed E-state index contributed by atoms with van der Waals surface area (Å²) in [5, 5.41) is 8.23. The minimum Gasteiger partial charge on any atom is -0.381 e. The van der Waals surface area contributed by atoms with Gasteiger partial charge in [0.05, 0.1) is 12.2 Å². The Morgan fingerprint density at radius 1 is 1.39 bits per heavy atom. The van der Waals surface area contributed by atoms with E-state index < -0.39 is 0 Å². The van der Waals surface area contributed by atoms with Gasteiger partial charge in [-0.15, -0.1) is 0 Å². The molecule has 0 aliphatic carbocycles. The summed E-state index contributed by atoms with van der Waals surface area (Å²) in [6, 6.07) is 0.442. The fourth-order valence-corrected chi connectivity index (χ4v) is 3.97. The summed E-state index contributed by atoms with van der Waals surface area (Å²) in [5.41, 5.74) is 2.03. The van der Waals surface area contributed by atoms with E-state index in [1.54, 1.807) is 4.68 Å². The van der Waals surface area contributed by atoms with E-state index in [9.17, 15) is 4.79 Å². The molecule has 2 saturated heterocycles. The molecule has 1 aromatic rings. The van der Waals surface area contributed by atoms with Gasteiger partial charge in [-0.2, -0.15) is 5.10 Å². The predicted octanol–water partition coefficient (Wildman–Crippen LogP) is 1.81. The molecule has 1 atom stereocenters. The number of nitrogens with zero attached hydrogens (tertiary/aromatic N) is 3. The molecular weight excluding hydrogens is 316 g/mol. The Hall–Kier alpha value is -1.11. The van der Waals surface area contributed by atoms with Crippen molar-refractivity contribution >= 4 is 17.5 Å². The molecule has 3 rings (SSSR count). The number of likely N-dealkylation sites (tertiary alicyclic amines) is 1. The molecule has 23 heavy (non-hydrogen) atoms. The fraction of sp³-hybridized carbons (Fsp3) is 0.750. The maximum absolute atomic E-state index is 12.4. The molecule has 3 heterocycles. The number of aromatic nitrogens is 2. The zero-order valence-corrected chi connectivity index (χ0v) is 14.6. The first kappa shape index (κ1) is 16.7. The van der Waals surface area contributed by atoms with Crippen LogP contribution in [0.25, 0.3) is 0 Å². The third-order valence-corrected chi connectivity index (χ3v) is 5.27. The number of amides is 1. The summed E-state index contributed by atoms with van der Waals surface area (Å²) < 4.78 is 7.05. The van der Waals surface area contributed by atoms with Gasteiger partial charge < -0.3 is 10.1 Å². The van der Waals surface area contributed by atoms with Gasteiger partial charge in [-0.05, 0) is 39.2 Å². The minimum absolute atomic E-state index is 0.0986. The van der Waals surface area contributed by atoms with E-state index in [4.69, 9.17) is 16.3 Å². The number of ether oxygens (including phenoxy) is 1. The number of nitrogens with one attached hydrogen (secondary N) is 1. The van der Waals surface area contributed by atoms with Crippen LogP contribution in [0.4, 0.5) is 0 Å². The zero-order valence-electron chi connectivity index (χ0n) is 13.8. The van der Waals surface area contributed by atoms with Crippen LogP contribution in [0.15, 0.2) is 0 Å². The highest BCUT2D eigenvalue weighted by Crippen LogP contribution is 2.37. The van der Waals surface area contributed by atoms with Gasteiger partial charge in [0.25, 0.3) is 0 Å². The van der Waals surface area contributed by atoms with Gasteiger partial charge >= 0.3 is 0 Å². The van der Waals surface area contributed by atoms with Crippen LogP contribution >= 0.6 is 11.6 Å². The lowest BCUT2D eigenvalue weighted by molar-refractivity contribution is -0.123. The molecule has 1 unspecified atom stereocenters. The molecule has 0 aromatic carbocycles. The van der Waals surface area contributed by atoms with Crippen LogP contribution in [-0.4, -0.2) is 52.9 Å². The summed E-state index contributed by atoms with van der Waals surface area (Å²) in [4.78, 5) is 14.6. The Balaban J connectivity index is 1.63. The van der Waals surface area contributed by atoms with Crippen molar-refractivity contribution in [1.82, 2.24) is 20.0 Å². The molecule has 128 valence electrons. The summed E-state index contributed by atoms with van der Waals surface area (Å²) in [7, 11) is 1.86. The number of halogens is 1. The summed E-state index contributed by atoms with van der Waals surface area (Å²) >= 11 is 6.41. The second-order valence-corrected chi connectivity index (χ2v) is 6.85. The van der Waals surface area contributed by atoms with Crippen LogP contribution in [0.5, 0.6) is 0 Å². The van der Waals surface area contributed by atoms with Crippen molar-refractivity contribution in [3.63, 3.8) is 0 Å². The predicted molar refractivity (Wildman–Crippen MR) is 88.5 cm³/mol. The highest BCUT2D eigenvalue weighted by molar-refractivity contribution is 6.30. The first-order valence-corrected chi connectivity index (χ1v) is 8.74. The molecule has 1 aromatic heterocycles. The van der Waals surface area contributed by atoms with Crippen molar-refractivity contribution in [3.8, 4) is 0 Å². The number of carbonyl (C=O) groups is 1.